The van der Waals surface area contributed by atoms with Crippen LogP contribution in [0.15, 0.2) is 0 Å². The lowest BCUT2D eigenvalue weighted by atomic mass is 10.0. The highest BCUT2D eigenvalue weighted by Crippen LogP contribution is 2.10. The monoisotopic (exact) mass is 211 g/mol. The van der Waals surface area contributed by atoms with Gasteiger partial charge in [0, 0.05) is 39.3 Å². The van der Waals surface area contributed by atoms with Crippen LogP contribution < -0.4 is 11.1 Å². The molecule has 2 rings (SSSR count). The molecule has 0 saturated carbocycles. The van der Waals surface area contributed by atoms with Crippen molar-refractivity contribution in [1.82, 2.24) is 15.1 Å². The highest BCUT2D eigenvalue weighted by Gasteiger charge is 2.31. The quantitative estimate of drug-likeness (QED) is 0.354. The van der Waals surface area contributed by atoms with Crippen molar-refractivity contribution in [2.45, 2.75) is 0 Å². The van der Waals surface area contributed by atoms with E-state index < -0.39 is 0 Å². The Kier molecular flexibility index (Phi) is 2.77. The van der Waals surface area contributed by atoms with Crippen molar-refractivity contribution < 1.29 is 4.79 Å². The molecule has 0 aromatic rings. The Bertz CT molecular complexity index is 268. The number of carbonyl (C=O) groups excluding carboxylic acids is 1. The smallest absolute Gasteiger partial charge is 0.228 e. The molecule has 2 fully saturated rings. The molecule has 0 spiro atoms. The number of hydrogen-bond acceptors (Lipinski definition) is 3. The van der Waals surface area contributed by atoms with Crippen molar-refractivity contribution in [3.8, 4) is 0 Å². The summed E-state index contributed by atoms with van der Waals surface area (Å²) < 4.78 is 0. The molecule has 6 nitrogen and oxygen atoms in total. The third-order valence-electron chi connectivity index (χ3n) is 3.06. The summed E-state index contributed by atoms with van der Waals surface area (Å²) in [6.45, 7) is 4.36. The summed E-state index contributed by atoms with van der Waals surface area (Å²) in [6, 6.07) is 0. The predicted octanol–water partition coefficient (Wildman–Crippen LogP) is -1.76. The first-order valence-electron chi connectivity index (χ1n) is 5.27. The number of guanidine groups is 1. The Labute approximate surface area is 88.9 Å². The van der Waals surface area contributed by atoms with Crippen LogP contribution in [0.25, 0.3) is 0 Å². The number of piperazine rings is 1. The van der Waals surface area contributed by atoms with Crippen LogP contribution in [-0.2, 0) is 4.79 Å². The van der Waals surface area contributed by atoms with Crippen LogP contribution in [-0.4, -0.2) is 60.9 Å². The number of amides is 1. The number of nitrogens with zero attached hydrogens (tertiary/aromatic N) is 2. The highest BCUT2D eigenvalue weighted by molar-refractivity contribution is 5.81. The van der Waals surface area contributed by atoms with E-state index in [0.717, 1.165) is 13.1 Å². The summed E-state index contributed by atoms with van der Waals surface area (Å²) in [5.74, 6) is 0.526. The lowest BCUT2D eigenvalue weighted by Gasteiger charge is -2.38. The second-order valence-corrected chi connectivity index (χ2v) is 4.05. The summed E-state index contributed by atoms with van der Waals surface area (Å²) in [5, 5.41) is 10.4. The largest absolute Gasteiger partial charge is 0.370 e. The Hall–Kier alpha value is -1.30. The first-order valence-corrected chi connectivity index (χ1v) is 5.27. The Balaban J connectivity index is 1.82. The van der Waals surface area contributed by atoms with E-state index in [-0.39, 0.29) is 17.8 Å². The Morgan fingerprint density at radius 1 is 1.20 bits per heavy atom. The summed E-state index contributed by atoms with van der Waals surface area (Å²) >= 11 is 0. The Morgan fingerprint density at radius 3 is 2.13 bits per heavy atom. The van der Waals surface area contributed by atoms with E-state index in [1.54, 1.807) is 4.90 Å². The molecular weight excluding hydrogens is 194 g/mol. The zero-order valence-corrected chi connectivity index (χ0v) is 8.70. The first kappa shape index (κ1) is 10.2. The van der Waals surface area contributed by atoms with Gasteiger partial charge in [-0.2, -0.15) is 0 Å². The van der Waals surface area contributed by atoms with Crippen molar-refractivity contribution in [3.63, 3.8) is 0 Å². The molecule has 15 heavy (non-hydrogen) atoms. The molecule has 0 atom stereocenters. The molecule has 1 amide bonds. The molecule has 0 aliphatic carbocycles. The minimum Gasteiger partial charge on any atom is -0.370 e. The molecule has 2 aliphatic heterocycles. The van der Waals surface area contributed by atoms with Crippen LogP contribution in [0.4, 0.5) is 0 Å². The summed E-state index contributed by atoms with van der Waals surface area (Å²) in [5.41, 5.74) is 5.38. The molecule has 0 radical (unpaired) electrons. The number of nitrogens with one attached hydrogen (secondary N) is 2. The first-order chi connectivity index (χ1) is 7.18. The average Bonchev–Trinajstić information content (AvgIpc) is 2.15. The van der Waals surface area contributed by atoms with Crippen molar-refractivity contribution in [2.24, 2.45) is 11.7 Å². The van der Waals surface area contributed by atoms with Gasteiger partial charge in [-0.1, -0.05) is 0 Å². The zero-order chi connectivity index (χ0) is 10.8. The standard InChI is InChI=1S/C9H17N5O/c10-9(11)14-3-1-13(2-4-14)8(15)7-5-12-6-7/h7,12H,1-6H2,(H3,10,11). The topological polar surface area (TPSA) is 85.5 Å². The van der Waals surface area contributed by atoms with Crippen molar-refractivity contribution in [1.29, 1.82) is 5.41 Å². The minimum atomic E-state index is 0.104. The highest BCUT2D eigenvalue weighted by atomic mass is 16.2. The molecule has 2 heterocycles. The molecule has 0 aromatic carbocycles. The van der Waals surface area contributed by atoms with Crippen molar-refractivity contribution in [3.05, 3.63) is 0 Å². The fourth-order valence-electron chi connectivity index (χ4n) is 1.89. The number of rotatable bonds is 1. The van der Waals surface area contributed by atoms with Gasteiger partial charge in [0.25, 0.3) is 0 Å². The molecule has 2 saturated heterocycles. The van der Waals surface area contributed by atoms with E-state index in [4.69, 9.17) is 11.1 Å². The Morgan fingerprint density at radius 2 is 1.73 bits per heavy atom. The van der Waals surface area contributed by atoms with Gasteiger partial charge in [0.05, 0.1) is 5.92 Å². The van der Waals surface area contributed by atoms with Crippen LogP contribution >= 0.6 is 0 Å². The maximum atomic E-state index is 11.8. The normalized spacial score (nSPS) is 22.4. The second-order valence-electron chi connectivity index (χ2n) is 4.05. The van der Waals surface area contributed by atoms with Crippen LogP contribution in [0.5, 0.6) is 0 Å². The van der Waals surface area contributed by atoms with Crippen LogP contribution in [0.1, 0.15) is 0 Å². The van der Waals surface area contributed by atoms with E-state index in [0.29, 0.717) is 26.2 Å². The maximum Gasteiger partial charge on any atom is 0.228 e. The van der Waals surface area contributed by atoms with E-state index in [2.05, 4.69) is 5.32 Å². The van der Waals surface area contributed by atoms with Crippen LogP contribution in [0.2, 0.25) is 0 Å². The van der Waals surface area contributed by atoms with Crippen LogP contribution in [0.3, 0.4) is 0 Å². The number of carbonyl (C=O) groups is 1. The SMILES string of the molecule is N=C(N)N1CCN(C(=O)C2CNC2)CC1. The fourth-order valence-corrected chi connectivity index (χ4v) is 1.89. The summed E-state index contributed by atoms with van der Waals surface area (Å²) in [6.07, 6.45) is 0. The van der Waals surface area contributed by atoms with Gasteiger partial charge in [-0.15, -0.1) is 0 Å². The fraction of sp³-hybridized carbons (Fsp3) is 0.778. The molecule has 0 bridgehead atoms. The molecular formula is C9H17N5O. The van der Waals surface area contributed by atoms with E-state index >= 15 is 0 Å². The third kappa shape index (κ3) is 2.04. The minimum absolute atomic E-state index is 0.104. The predicted molar refractivity (Wildman–Crippen MR) is 56.4 cm³/mol. The van der Waals surface area contributed by atoms with Gasteiger partial charge in [-0.25, -0.2) is 0 Å². The lowest BCUT2D eigenvalue weighted by molar-refractivity contribution is -0.138. The van der Waals surface area contributed by atoms with Gasteiger partial charge in [0.2, 0.25) is 5.91 Å². The van der Waals surface area contributed by atoms with Crippen LogP contribution in [0, 0.1) is 11.3 Å². The second kappa shape index (κ2) is 4.06. The lowest BCUT2D eigenvalue weighted by Crippen LogP contribution is -2.57. The number of hydrogen-bond donors (Lipinski definition) is 3. The van der Waals surface area contributed by atoms with Gasteiger partial charge in [0.15, 0.2) is 5.96 Å². The van der Waals surface area contributed by atoms with Gasteiger partial charge in [-0.05, 0) is 0 Å². The van der Waals surface area contributed by atoms with Gasteiger partial charge < -0.3 is 20.9 Å². The van der Waals surface area contributed by atoms with Gasteiger partial charge in [0.1, 0.15) is 0 Å². The number of nitrogens with two attached hydrogens (primary N) is 1. The zero-order valence-electron chi connectivity index (χ0n) is 8.70. The van der Waals surface area contributed by atoms with E-state index in [1.807, 2.05) is 4.90 Å². The van der Waals surface area contributed by atoms with Gasteiger partial charge in [-0.3, -0.25) is 10.2 Å². The van der Waals surface area contributed by atoms with E-state index in [9.17, 15) is 4.79 Å². The molecule has 2 aliphatic rings. The molecule has 0 unspecified atom stereocenters. The van der Waals surface area contributed by atoms with Crippen molar-refractivity contribution >= 4 is 11.9 Å². The molecule has 4 N–H and O–H groups in total. The average molecular weight is 211 g/mol. The summed E-state index contributed by atoms with van der Waals surface area (Å²) in [7, 11) is 0. The van der Waals surface area contributed by atoms with Gasteiger partial charge >= 0.3 is 0 Å². The summed E-state index contributed by atoms with van der Waals surface area (Å²) in [4.78, 5) is 15.5. The van der Waals surface area contributed by atoms with E-state index in [1.165, 1.54) is 0 Å². The molecule has 84 valence electrons. The molecule has 6 heteroatoms. The molecule has 0 aromatic heterocycles. The third-order valence-corrected chi connectivity index (χ3v) is 3.06. The van der Waals surface area contributed by atoms with Crippen molar-refractivity contribution in [2.75, 3.05) is 39.3 Å². The maximum absolute atomic E-state index is 11.8.